The van der Waals surface area contributed by atoms with Gasteiger partial charge in [0, 0.05) is 11.5 Å². The van der Waals surface area contributed by atoms with Crippen LogP contribution in [-0.2, 0) is 21.1 Å². The van der Waals surface area contributed by atoms with Crippen molar-refractivity contribution in [1.82, 2.24) is 0 Å². The Hall–Kier alpha value is -2.27. The number of carbonyl (C=O) groups is 2. The first-order chi connectivity index (χ1) is 12.0. The number of benzene rings is 2. The summed E-state index contributed by atoms with van der Waals surface area (Å²) in [5.41, 5.74) is 2.29. The van der Waals surface area contributed by atoms with Crippen LogP contribution in [0.25, 0.3) is 0 Å². The van der Waals surface area contributed by atoms with Crippen molar-refractivity contribution >= 4 is 22.0 Å². The van der Waals surface area contributed by atoms with Gasteiger partial charge in [0.2, 0.25) is 0 Å². The molecule has 0 saturated heterocycles. The van der Waals surface area contributed by atoms with Crippen molar-refractivity contribution in [3.05, 3.63) is 71.8 Å². The van der Waals surface area contributed by atoms with Gasteiger partial charge in [-0.25, -0.2) is 10.0 Å². The molecule has 0 saturated carbocycles. The quantitative estimate of drug-likeness (QED) is 0.668. The monoisotopic (exact) mass is 360 g/mol. The van der Waals surface area contributed by atoms with Crippen LogP contribution in [-0.4, -0.2) is 33.7 Å². The number of rotatable bonds is 10. The van der Waals surface area contributed by atoms with Gasteiger partial charge in [0.25, 0.3) is 0 Å². The first-order valence-corrected chi connectivity index (χ1v) is 10.6. The molecular formula is C20H24O4S. The molecule has 0 radical (unpaired) electrons. The third kappa shape index (κ3) is 6.63. The van der Waals surface area contributed by atoms with E-state index in [4.69, 9.17) is 0 Å². The lowest BCUT2D eigenvalue weighted by molar-refractivity contribution is -0.137. The van der Waals surface area contributed by atoms with Crippen LogP contribution in [0.5, 0.6) is 0 Å². The Morgan fingerprint density at radius 3 is 1.36 bits per heavy atom. The predicted molar refractivity (Wildman–Crippen MR) is 102 cm³/mol. The second kappa shape index (κ2) is 9.28. The summed E-state index contributed by atoms with van der Waals surface area (Å²) < 4.78 is 0. The summed E-state index contributed by atoms with van der Waals surface area (Å²) >= 11 is 0. The Labute approximate surface area is 149 Å². The molecule has 0 aliphatic rings. The lowest BCUT2D eigenvalue weighted by Crippen LogP contribution is -2.19. The highest BCUT2D eigenvalue weighted by Gasteiger charge is 2.27. The van der Waals surface area contributed by atoms with E-state index in [0.717, 1.165) is 22.6 Å². The standard InChI is InChI=1S/C20H24O4S/c21-19(22)11-13-25(14-12-20(23)24,15-17-7-3-1-4-8-17)16-18-9-5-2-6-10-18/h1-10H,11-16H2,(H,21,22)(H,23,24). The van der Waals surface area contributed by atoms with Gasteiger partial charge in [-0.3, -0.25) is 9.59 Å². The van der Waals surface area contributed by atoms with Gasteiger partial charge in [-0.2, -0.15) is 0 Å². The van der Waals surface area contributed by atoms with Crippen molar-refractivity contribution in [3.63, 3.8) is 0 Å². The van der Waals surface area contributed by atoms with Crippen LogP contribution in [0.15, 0.2) is 60.7 Å². The number of hydrogen-bond acceptors (Lipinski definition) is 2. The fraction of sp³-hybridized carbons (Fsp3) is 0.300. The normalized spacial score (nSPS) is 11.8. The van der Waals surface area contributed by atoms with Gasteiger partial charge in [0.05, 0.1) is 12.8 Å². The summed E-state index contributed by atoms with van der Waals surface area (Å²) in [6.07, 6.45) is 0.156. The molecule has 2 rings (SSSR count). The molecule has 0 amide bonds. The highest BCUT2D eigenvalue weighted by Crippen LogP contribution is 2.55. The summed E-state index contributed by atoms with van der Waals surface area (Å²) in [4.78, 5) is 22.4. The lowest BCUT2D eigenvalue weighted by Gasteiger charge is -2.40. The van der Waals surface area contributed by atoms with Crippen LogP contribution >= 0.6 is 10.0 Å². The molecule has 0 heterocycles. The number of carboxylic acids is 2. The van der Waals surface area contributed by atoms with E-state index in [1.165, 1.54) is 0 Å². The molecule has 0 aromatic heterocycles. The van der Waals surface area contributed by atoms with Gasteiger partial charge >= 0.3 is 11.9 Å². The average Bonchev–Trinajstić information content (AvgIpc) is 2.60. The Morgan fingerprint density at radius 1 is 0.680 bits per heavy atom. The van der Waals surface area contributed by atoms with Gasteiger partial charge in [0.1, 0.15) is 0 Å². The Morgan fingerprint density at radius 2 is 1.04 bits per heavy atom. The van der Waals surface area contributed by atoms with E-state index in [-0.39, 0.29) is 12.8 Å². The molecule has 2 aromatic carbocycles. The second-order valence-corrected chi connectivity index (χ2v) is 10.0. The molecule has 0 aliphatic carbocycles. The van der Waals surface area contributed by atoms with Gasteiger partial charge in [-0.15, -0.1) is 0 Å². The molecule has 0 fully saturated rings. The second-order valence-electron chi connectivity index (χ2n) is 6.18. The van der Waals surface area contributed by atoms with Crippen LogP contribution in [0, 0.1) is 0 Å². The van der Waals surface area contributed by atoms with E-state index in [0.29, 0.717) is 11.5 Å². The van der Waals surface area contributed by atoms with Crippen molar-refractivity contribution in [2.45, 2.75) is 24.3 Å². The number of carboxylic acid groups (broad SMARTS) is 2. The summed E-state index contributed by atoms with van der Waals surface area (Å²) in [5.74, 6) is 0.937. The smallest absolute Gasteiger partial charge is 0.304 e. The third-order valence-corrected chi connectivity index (χ3v) is 8.16. The van der Waals surface area contributed by atoms with Crippen LogP contribution in [0.4, 0.5) is 0 Å². The summed E-state index contributed by atoms with van der Waals surface area (Å²) in [6.45, 7) is 0. The minimum atomic E-state index is -1.45. The Kier molecular flexibility index (Phi) is 7.07. The molecule has 25 heavy (non-hydrogen) atoms. The molecular weight excluding hydrogens is 336 g/mol. The van der Waals surface area contributed by atoms with E-state index < -0.39 is 22.0 Å². The molecule has 5 heteroatoms. The molecule has 0 atom stereocenters. The number of aliphatic carboxylic acids is 2. The highest BCUT2D eigenvalue weighted by molar-refractivity contribution is 8.32. The van der Waals surface area contributed by atoms with E-state index in [1.807, 2.05) is 60.7 Å². The molecule has 0 unspecified atom stereocenters. The minimum absolute atomic E-state index is 0.0780. The van der Waals surface area contributed by atoms with E-state index in [9.17, 15) is 19.8 Å². The van der Waals surface area contributed by atoms with Crippen LogP contribution in [0.3, 0.4) is 0 Å². The van der Waals surface area contributed by atoms with Crippen molar-refractivity contribution in [1.29, 1.82) is 0 Å². The minimum Gasteiger partial charge on any atom is -0.481 e. The topological polar surface area (TPSA) is 74.6 Å². The van der Waals surface area contributed by atoms with Crippen molar-refractivity contribution in [2.24, 2.45) is 0 Å². The predicted octanol–water partition coefficient (Wildman–Crippen LogP) is 4.14. The maximum absolute atomic E-state index is 11.2. The third-order valence-electron chi connectivity index (χ3n) is 4.13. The maximum Gasteiger partial charge on any atom is 0.304 e. The van der Waals surface area contributed by atoms with E-state index in [2.05, 4.69) is 0 Å². The first kappa shape index (κ1) is 19.1. The molecule has 2 aromatic rings. The van der Waals surface area contributed by atoms with Crippen LogP contribution in [0.1, 0.15) is 24.0 Å². The fourth-order valence-corrected chi connectivity index (χ4v) is 6.80. The van der Waals surface area contributed by atoms with Gasteiger partial charge < -0.3 is 10.2 Å². The molecule has 0 aliphatic heterocycles. The molecule has 4 nitrogen and oxygen atoms in total. The number of hydrogen-bond donors (Lipinski definition) is 2. The summed E-state index contributed by atoms with van der Waals surface area (Å²) in [6, 6.07) is 19.9. The molecule has 0 spiro atoms. The molecule has 2 N–H and O–H groups in total. The maximum atomic E-state index is 11.2. The van der Waals surface area contributed by atoms with Gasteiger partial charge in [-0.05, 0) is 22.6 Å². The average molecular weight is 360 g/mol. The zero-order valence-electron chi connectivity index (χ0n) is 14.1. The summed E-state index contributed by atoms with van der Waals surface area (Å²) in [7, 11) is -1.45. The summed E-state index contributed by atoms with van der Waals surface area (Å²) in [5, 5.41) is 18.4. The zero-order chi connectivity index (χ0) is 18.1. The van der Waals surface area contributed by atoms with Crippen LogP contribution < -0.4 is 0 Å². The highest BCUT2D eigenvalue weighted by atomic mass is 32.3. The van der Waals surface area contributed by atoms with Gasteiger partial charge in [-0.1, -0.05) is 60.7 Å². The van der Waals surface area contributed by atoms with Crippen LogP contribution in [0.2, 0.25) is 0 Å². The fourth-order valence-electron chi connectivity index (χ4n) is 2.90. The molecule has 0 bridgehead atoms. The Balaban J connectivity index is 2.31. The van der Waals surface area contributed by atoms with Crippen molar-refractivity contribution in [2.75, 3.05) is 11.5 Å². The SMILES string of the molecule is O=C(O)CCS(CCC(=O)O)(Cc1ccccc1)Cc1ccccc1. The van der Waals surface area contributed by atoms with E-state index in [1.54, 1.807) is 0 Å². The largest absolute Gasteiger partial charge is 0.481 e. The first-order valence-electron chi connectivity index (χ1n) is 8.25. The molecule has 134 valence electrons. The zero-order valence-corrected chi connectivity index (χ0v) is 15.0. The lowest BCUT2D eigenvalue weighted by atomic mass is 10.2. The van der Waals surface area contributed by atoms with Gasteiger partial charge in [0.15, 0.2) is 0 Å². The van der Waals surface area contributed by atoms with Crippen molar-refractivity contribution in [3.8, 4) is 0 Å². The van der Waals surface area contributed by atoms with Crippen molar-refractivity contribution < 1.29 is 19.8 Å². The van der Waals surface area contributed by atoms with E-state index >= 15 is 0 Å². The Bertz CT molecular complexity index is 624.